The van der Waals surface area contributed by atoms with Crippen LogP contribution < -0.4 is 10.2 Å². The smallest absolute Gasteiger partial charge is 0.253 e. The molecule has 2 aromatic rings. The second kappa shape index (κ2) is 4.62. The van der Waals surface area contributed by atoms with Crippen molar-refractivity contribution in [2.24, 2.45) is 0 Å². The van der Waals surface area contributed by atoms with Gasteiger partial charge in [0.2, 0.25) is 0 Å². The van der Waals surface area contributed by atoms with Gasteiger partial charge in [-0.15, -0.1) is 0 Å². The van der Waals surface area contributed by atoms with Gasteiger partial charge in [0.15, 0.2) is 0 Å². The Labute approximate surface area is 142 Å². The molecule has 1 N–H and O–H groups in total. The van der Waals surface area contributed by atoms with Crippen molar-refractivity contribution in [3.05, 3.63) is 65.2 Å². The highest BCUT2D eigenvalue weighted by Gasteiger charge is 2.61. The van der Waals surface area contributed by atoms with Crippen molar-refractivity contribution in [2.75, 3.05) is 4.90 Å². The van der Waals surface area contributed by atoms with Crippen molar-refractivity contribution in [2.45, 2.75) is 50.2 Å². The maximum atomic E-state index is 13.1. The number of rotatable bonds is 0. The zero-order chi connectivity index (χ0) is 16.4. The summed E-state index contributed by atoms with van der Waals surface area (Å²) < 4.78 is 0. The third-order valence-electron chi connectivity index (χ3n) is 6.54. The Balaban J connectivity index is 1.77. The summed E-state index contributed by atoms with van der Waals surface area (Å²) >= 11 is 0. The monoisotopic (exact) mass is 318 g/mol. The molecule has 2 heterocycles. The number of carbonyl (C=O) groups is 1. The van der Waals surface area contributed by atoms with Crippen LogP contribution in [-0.2, 0) is 12.0 Å². The molecular weight excluding hydrogens is 296 g/mol. The van der Waals surface area contributed by atoms with Gasteiger partial charge in [0.1, 0.15) is 5.66 Å². The highest BCUT2D eigenvalue weighted by Crippen LogP contribution is 2.58. The third-order valence-corrected chi connectivity index (χ3v) is 6.54. The molecule has 3 nitrogen and oxygen atoms in total. The van der Waals surface area contributed by atoms with E-state index in [4.69, 9.17) is 0 Å². The number of amides is 1. The summed E-state index contributed by atoms with van der Waals surface area (Å²) in [5.74, 6) is 0.0778. The molecule has 3 heteroatoms. The molecule has 2 aromatic carbocycles. The minimum atomic E-state index is -0.301. The number of anilines is 1. The van der Waals surface area contributed by atoms with Crippen LogP contribution >= 0.6 is 0 Å². The second-order valence-electron chi connectivity index (χ2n) is 7.61. The molecule has 2 aliphatic heterocycles. The highest BCUT2D eigenvalue weighted by molar-refractivity contribution is 5.98. The van der Waals surface area contributed by atoms with Crippen molar-refractivity contribution in [1.29, 1.82) is 0 Å². The second-order valence-corrected chi connectivity index (χ2v) is 7.61. The summed E-state index contributed by atoms with van der Waals surface area (Å²) in [5.41, 5.74) is 4.30. The van der Waals surface area contributed by atoms with Gasteiger partial charge in [-0.1, -0.05) is 49.7 Å². The molecule has 24 heavy (non-hydrogen) atoms. The summed E-state index contributed by atoms with van der Waals surface area (Å²) in [5, 5.41) is 3.49. The normalized spacial score (nSPS) is 30.5. The SMILES string of the molecule is C[C@]12CCCC[C@]13NC(=O)c1ccccc1CN3c1ccccc12. The van der Waals surface area contributed by atoms with Crippen LogP contribution in [0, 0.1) is 0 Å². The van der Waals surface area contributed by atoms with Gasteiger partial charge >= 0.3 is 0 Å². The number of benzene rings is 2. The van der Waals surface area contributed by atoms with Gasteiger partial charge in [-0.3, -0.25) is 4.79 Å². The van der Waals surface area contributed by atoms with Crippen LogP contribution in [0.15, 0.2) is 48.5 Å². The quantitative estimate of drug-likeness (QED) is 0.797. The van der Waals surface area contributed by atoms with Crippen molar-refractivity contribution in [3.63, 3.8) is 0 Å². The predicted molar refractivity (Wildman–Crippen MR) is 95.1 cm³/mol. The Morgan fingerprint density at radius 3 is 2.67 bits per heavy atom. The molecule has 0 unspecified atom stereocenters. The highest BCUT2D eigenvalue weighted by atomic mass is 16.2. The number of hydrogen-bond donors (Lipinski definition) is 1. The average Bonchev–Trinajstić information content (AvgIpc) is 2.73. The molecule has 5 rings (SSSR count). The number of carbonyl (C=O) groups excluding carboxylic acids is 1. The van der Waals surface area contributed by atoms with Crippen molar-refractivity contribution < 1.29 is 4.79 Å². The first-order chi connectivity index (χ1) is 11.7. The van der Waals surface area contributed by atoms with Crippen LogP contribution in [-0.4, -0.2) is 11.6 Å². The number of fused-ring (bicyclic) bond motifs is 4. The molecule has 0 bridgehead atoms. The molecule has 1 fully saturated rings. The fraction of sp³-hybridized carbons (Fsp3) is 0.381. The average molecular weight is 318 g/mol. The Bertz CT molecular complexity index is 845. The van der Waals surface area contributed by atoms with Gasteiger partial charge in [0, 0.05) is 23.2 Å². The summed E-state index contributed by atoms with van der Waals surface area (Å²) in [7, 11) is 0. The van der Waals surface area contributed by atoms with Gasteiger partial charge in [-0.05, 0) is 42.5 Å². The van der Waals surface area contributed by atoms with Crippen molar-refractivity contribution in [3.8, 4) is 0 Å². The summed E-state index contributed by atoms with van der Waals surface area (Å²) in [6.07, 6.45) is 4.52. The number of hydrogen-bond acceptors (Lipinski definition) is 2. The van der Waals surface area contributed by atoms with E-state index < -0.39 is 0 Å². The summed E-state index contributed by atoms with van der Waals surface area (Å²) in [4.78, 5) is 15.5. The lowest BCUT2D eigenvalue weighted by Crippen LogP contribution is -2.67. The van der Waals surface area contributed by atoms with Crippen LogP contribution in [0.25, 0.3) is 0 Å². The molecule has 122 valence electrons. The zero-order valence-corrected chi connectivity index (χ0v) is 14.0. The first-order valence-electron chi connectivity index (χ1n) is 8.93. The lowest BCUT2D eigenvalue weighted by Gasteiger charge is -2.51. The molecule has 0 aromatic heterocycles. The van der Waals surface area contributed by atoms with Gasteiger partial charge in [0.25, 0.3) is 5.91 Å². The van der Waals surface area contributed by atoms with Crippen LogP contribution in [0.3, 0.4) is 0 Å². The molecule has 0 saturated heterocycles. The van der Waals surface area contributed by atoms with Crippen molar-refractivity contribution >= 4 is 11.6 Å². The van der Waals surface area contributed by atoms with Gasteiger partial charge in [0.05, 0.1) is 0 Å². The zero-order valence-electron chi connectivity index (χ0n) is 14.0. The minimum absolute atomic E-state index is 0.0282. The molecule has 1 spiro atoms. The lowest BCUT2D eigenvalue weighted by molar-refractivity contribution is 0.0765. The summed E-state index contributed by atoms with van der Waals surface area (Å²) in [6, 6.07) is 16.8. The van der Waals surface area contributed by atoms with E-state index in [0.717, 1.165) is 36.9 Å². The number of nitrogens with one attached hydrogen (secondary N) is 1. The maximum absolute atomic E-state index is 13.1. The fourth-order valence-corrected chi connectivity index (χ4v) is 5.31. The molecule has 2 atom stereocenters. The van der Waals surface area contributed by atoms with E-state index in [0.29, 0.717) is 0 Å². The van der Waals surface area contributed by atoms with E-state index in [9.17, 15) is 4.79 Å². The van der Waals surface area contributed by atoms with Crippen LogP contribution in [0.1, 0.15) is 54.1 Å². The molecule has 1 amide bonds. The topological polar surface area (TPSA) is 32.3 Å². The fourth-order valence-electron chi connectivity index (χ4n) is 5.31. The van der Waals surface area contributed by atoms with Crippen LogP contribution in [0.2, 0.25) is 0 Å². The number of para-hydroxylation sites is 1. The molecular formula is C21H22N2O. The Hall–Kier alpha value is -2.29. The number of nitrogens with zero attached hydrogens (tertiary/aromatic N) is 1. The van der Waals surface area contributed by atoms with E-state index in [1.807, 2.05) is 18.2 Å². The van der Waals surface area contributed by atoms with Crippen molar-refractivity contribution in [1.82, 2.24) is 5.32 Å². The van der Waals surface area contributed by atoms with E-state index >= 15 is 0 Å². The minimum Gasteiger partial charge on any atom is -0.343 e. The third kappa shape index (κ3) is 1.55. The Morgan fingerprint density at radius 2 is 1.75 bits per heavy atom. The lowest BCUT2D eigenvalue weighted by atomic mass is 9.65. The Kier molecular flexibility index (Phi) is 2.71. The predicted octanol–water partition coefficient (Wildman–Crippen LogP) is 3.98. The Morgan fingerprint density at radius 1 is 1.00 bits per heavy atom. The largest absolute Gasteiger partial charge is 0.343 e. The molecule has 1 saturated carbocycles. The van der Waals surface area contributed by atoms with Gasteiger partial charge in [-0.25, -0.2) is 0 Å². The van der Waals surface area contributed by atoms with E-state index in [1.165, 1.54) is 17.7 Å². The van der Waals surface area contributed by atoms with Gasteiger partial charge in [-0.2, -0.15) is 0 Å². The first-order valence-corrected chi connectivity index (χ1v) is 8.93. The summed E-state index contributed by atoms with van der Waals surface area (Å²) in [6.45, 7) is 3.14. The van der Waals surface area contributed by atoms with Gasteiger partial charge < -0.3 is 10.2 Å². The standard InChI is InChI=1S/C21H22N2O/c1-20-12-6-7-13-21(20)22-19(24)16-9-3-2-8-15(16)14-23(21)18-11-5-4-10-17(18)20/h2-5,8-11H,6-7,12-14H2,1H3,(H,22,24)/t20-,21-/m1/s1. The van der Waals surface area contributed by atoms with E-state index in [1.54, 1.807) is 0 Å². The molecule has 0 radical (unpaired) electrons. The molecule has 1 aliphatic carbocycles. The maximum Gasteiger partial charge on any atom is 0.253 e. The van der Waals surface area contributed by atoms with E-state index in [2.05, 4.69) is 47.5 Å². The van der Waals surface area contributed by atoms with Crippen LogP contribution in [0.5, 0.6) is 0 Å². The molecule has 3 aliphatic rings. The van der Waals surface area contributed by atoms with E-state index in [-0.39, 0.29) is 17.0 Å². The van der Waals surface area contributed by atoms with Crippen LogP contribution in [0.4, 0.5) is 5.69 Å². The first kappa shape index (κ1) is 14.1.